The minimum Gasteiger partial charge on any atom is -0.495 e. The van der Waals surface area contributed by atoms with Crippen LogP contribution in [0.25, 0.3) is 10.9 Å². The SMILES string of the molecule is CCC1C(Cc2c[nH]c3c(OC)cccc23)C(O)CCN1CC1=CCCC=C1. The Hall–Kier alpha value is -2.04. The summed E-state index contributed by atoms with van der Waals surface area (Å²) in [5.74, 6) is 1.12. The third-order valence-electron chi connectivity index (χ3n) is 6.48. The Morgan fingerprint density at radius 1 is 1.29 bits per heavy atom. The molecule has 4 rings (SSSR count). The van der Waals surface area contributed by atoms with Crippen molar-refractivity contribution in [3.8, 4) is 5.75 Å². The zero-order valence-electron chi connectivity index (χ0n) is 17.0. The van der Waals surface area contributed by atoms with E-state index in [2.05, 4.69) is 47.3 Å². The monoisotopic (exact) mass is 380 g/mol. The summed E-state index contributed by atoms with van der Waals surface area (Å²) in [5, 5.41) is 12.1. The molecule has 2 aromatic rings. The van der Waals surface area contributed by atoms with Crippen LogP contribution in [0.1, 0.15) is 38.2 Å². The number of hydrogen-bond acceptors (Lipinski definition) is 3. The summed E-state index contributed by atoms with van der Waals surface area (Å²) in [6.45, 7) is 4.23. The van der Waals surface area contributed by atoms with Gasteiger partial charge in [-0.1, -0.05) is 37.3 Å². The molecular formula is C24H32N2O2. The van der Waals surface area contributed by atoms with Gasteiger partial charge in [0.2, 0.25) is 0 Å². The van der Waals surface area contributed by atoms with Gasteiger partial charge in [-0.2, -0.15) is 0 Å². The molecule has 3 unspecified atom stereocenters. The van der Waals surface area contributed by atoms with Crippen molar-refractivity contribution >= 4 is 10.9 Å². The lowest BCUT2D eigenvalue weighted by Gasteiger charge is -2.44. The van der Waals surface area contributed by atoms with Crippen LogP contribution in [0.2, 0.25) is 0 Å². The largest absolute Gasteiger partial charge is 0.495 e. The summed E-state index contributed by atoms with van der Waals surface area (Å²) in [6.07, 6.45) is 13.9. The standard InChI is InChI=1S/C24H32N2O2/c1-3-21-20(14-18-15-25-24-19(18)10-7-11-23(24)28-2)22(27)12-13-26(21)16-17-8-5-4-6-9-17/h5,7-11,15,20-22,25,27H,3-4,6,12-14,16H2,1-2H3. The third-order valence-corrected chi connectivity index (χ3v) is 6.48. The van der Waals surface area contributed by atoms with Gasteiger partial charge in [-0.05, 0) is 49.3 Å². The maximum atomic E-state index is 10.9. The number of aliphatic hydroxyl groups excluding tert-OH is 1. The van der Waals surface area contributed by atoms with Crippen LogP contribution in [0, 0.1) is 5.92 Å². The second-order valence-electron chi connectivity index (χ2n) is 8.13. The molecule has 2 N–H and O–H groups in total. The molecule has 0 spiro atoms. The first-order chi connectivity index (χ1) is 13.7. The molecule has 1 fully saturated rings. The minimum absolute atomic E-state index is 0.243. The molecule has 28 heavy (non-hydrogen) atoms. The summed E-state index contributed by atoms with van der Waals surface area (Å²) in [6, 6.07) is 6.58. The average Bonchev–Trinajstić information content (AvgIpc) is 3.14. The van der Waals surface area contributed by atoms with Crippen molar-refractivity contribution in [1.82, 2.24) is 9.88 Å². The van der Waals surface area contributed by atoms with Crippen LogP contribution in [0.3, 0.4) is 0 Å². The van der Waals surface area contributed by atoms with Crippen LogP contribution in [0.5, 0.6) is 5.75 Å². The van der Waals surface area contributed by atoms with Gasteiger partial charge in [0, 0.05) is 36.6 Å². The van der Waals surface area contributed by atoms with E-state index in [0.29, 0.717) is 6.04 Å². The number of para-hydroxylation sites is 1. The average molecular weight is 381 g/mol. The molecule has 1 saturated heterocycles. The van der Waals surface area contributed by atoms with E-state index >= 15 is 0 Å². The van der Waals surface area contributed by atoms with Crippen molar-refractivity contribution in [2.24, 2.45) is 5.92 Å². The van der Waals surface area contributed by atoms with E-state index in [4.69, 9.17) is 4.74 Å². The first-order valence-electron chi connectivity index (χ1n) is 10.6. The molecule has 1 aliphatic carbocycles. The zero-order valence-corrected chi connectivity index (χ0v) is 17.0. The van der Waals surface area contributed by atoms with Gasteiger partial charge < -0.3 is 14.8 Å². The lowest BCUT2D eigenvalue weighted by Crippen LogP contribution is -2.52. The summed E-state index contributed by atoms with van der Waals surface area (Å²) >= 11 is 0. The number of likely N-dealkylation sites (tertiary alicyclic amines) is 1. The third kappa shape index (κ3) is 3.76. The first-order valence-corrected chi connectivity index (χ1v) is 10.6. The number of aromatic amines is 1. The molecular weight excluding hydrogens is 348 g/mol. The predicted molar refractivity (Wildman–Crippen MR) is 115 cm³/mol. The highest BCUT2D eigenvalue weighted by atomic mass is 16.5. The number of nitrogens with one attached hydrogen (secondary N) is 1. The highest BCUT2D eigenvalue weighted by molar-refractivity contribution is 5.88. The van der Waals surface area contributed by atoms with Crippen molar-refractivity contribution in [2.75, 3.05) is 20.2 Å². The van der Waals surface area contributed by atoms with Gasteiger partial charge in [0.1, 0.15) is 5.75 Å². The van der Waals surface area contributed by atoms with Crippen LogP contribution in [-0.2, 0) is 6.42 Å². The van der Waals surface area contributed by atoms with E-state index in [9.17, 15) is 5.11 Å². The molecule has 2 aliphatic rings. The van der Waals surface area contributed by atoms with Crippen LogP contribution in [-0.4, -0.2) is 47.3 Å². The highest BCUT2D eigenvalue weighted by Crippen LogP contribution is 2.34. The quantitative estimate of drug-likeness (QED) is 0.778. The highest BCUT2D eigenvalue weighted by Gasteiger charge is 2.36. The number of hydrogen-bond donors (Lipinski definition) is 2. The van der Waals surface area contributed by atoms with E-state index in [-0.39, 0.29) is 12.0 Å². The molecule has 3 atom stereocenters. The smallest absolute Gasteiger partial charge is 0.142 e. The molecule has 150 valence electrons. The molecule has 0 amide bonds. The van der Waals surface area contributed by atoms with Gasteiger partial charge in [0.25, 0.3) is 0 Å². The second-order valence-corrected chi connectivity index (χ2v) is 8.13. The minimum atomic E-state index is -0.243. The topological polar surface area (TPSA) is 48.5 Å². The van der Waals surface area contributed by atoms with Crippen molar-refractivity contribution in [3.63, 3.8) is 0 Å². The van der Waals surface area contributed by atoms with Crippen LogP contribution in [0.4, 0.5) is 0 Å². The summed E-state index contributed by atoms with van der Waals surface area (Å²) in [7, 11) is 1.71. The lowest BCUT2D eigenvalue weighted by atomic mass is 9.80. The van der Waals surface area contributed by atoms with Gasteiger partial charge in [0.15, 0.2) is 0 Å². The number of fused-ring (bicyclic) bond motifs is 1. The number of piperidine rings is 1. The normalized spacial score (nSPS) is 25.8. The summed E-state index contributed by atoms with van der Waals surface area (Å²) < 4.78 is 5.49. The molecule has 1 aromatic heterocycles. The number of ether oxygens (including phenoxy) is 1. The number of benzene rings is 1. The van der Waals surface area contributed by atoms with Crippen molar-refractivity contribution in [3.05, 3.63) is 53.8 Å². The molecule has 0 radical (unpaired) electrons. The zero-order chi connectivity index (χ0) is 19.5. The fraction of sp³-hybridized carbons (Fsp3) is 0.500. The van der Waals surface area contributed by atoms with Crippen LogP contribution < -0.4 is 4.74 Å². The van der Waals surface area contributed by atoms with Crippen molar-refractivity contribution in [1.29, 1.82) is 0 Å². The van der Waals surface area contributed by atoms with E-state index in [1.165, 1.54) is 16.5 Å². The number of allylic oxidation sites excluding steroid dienone is 2. The second kappa shape index (κ2) is 8.54. The van der Waals surface area contributed by atoms with Gasteiger partial charge in [-0.15, -0.1) is 0 Å². The van der Waals surface area contributed by atoms with Crippen molar-refractivity contribution < 1.29 is 9.84 Å². The molecule has 4 nitrogen and oxygen atoms in total. The molecule has 0 bridgehead atoms. The molecule has 0 saturated carbocycles. The molecule has 1 aliphatic heterocycles. The lowest BCUT2D eigenvalue weighted by molar-refractivity contribution is -0.0135. The number of rotatable bonds is 6. The first kappa shape index (κ1) is 19.3. The fourth-order valence-corrected chi connectivity index (χ4v) is 5.03. The number of methoxy groups -OCH3 is 1. The number of aromatic nitrogens is 1. The molecule has 1 aromatic carbocycles. The maximum Gasteiger partial charge on any atom is 0.142 e. The van der Waals surface area contributed by atoms with Crippen molar-refractivity contribution in [2.45, 2.75) is 51.2 Å². The Kier molecular flexibility index (Phi) is 5.88. The Balaban J connectivity index is 1.56. The molecule has 2 heterocycles. The Morgan fingerprint density at radius 2 is 2.18 bits per heavy atom. The van der Waals surface area contributed by atoms with Gasteiger partial charge in [0.05, 0.1) is 18.7 Å². The fourth-order valence-electron chi connectivity index (χ4n) is 5.03. The number of nitrogens with zero attached hydrogens (tertiary/aromatic N) is 1. The Morgan fingerprint density at radius 3 is 2.93 bits per heavy atom. The summed E-state index contributed by atoms with van der Waals surface area (Å²) in [4.78, 5) is 5.97. The maximum absolute atomic E-state index is 10.9. The van der Waals surface area contributed by atoms with Crippen LogP contribution >= 0.6 is 0 Å². The van der Waals surface area contributed by atoms with Gasteiger partial charge in [-0.25, -0.2) is 0 Å². The predicted octanol–water partition coefficient (Wildman–Crippen LogP) is 4.46. The van der Waals surface area contributed by atoms with E-state index in [1.54, 1.807) is 7.11 Å². The van der Waals surface area contributed by atoms with Gasteiger partial charge in [-0.3, -0.25) is 4.90 Å². The number of H-pyrrole nitrogens is 1. The summed E-state index contributed by atoms with van der Waals surface area (Å²) in [5.41, 5.74) is 3.75. The molecule has 4 heteroatoms. The van der Waals surface area contributed by atoms with Gasteiger partial charge >= 0.3 is 0 Å². The van der Waals surface area contributed by atoms with Crippen LogP contribution in [0.15, 0.2) is 48.2 Å². The Bertz CT molecular complexity index is 867. The van der Waals surface area contributed by atoms with E-state index in [1.807, 2.05) is 12.1 Å². The van der Waals surface area contributed by atoms with E-state index < -0.39 is 0 Å². The number of aliphatic hydroxyl groups is 1. The van der Waals surface area contributed by atoms with E-state index in [0.717, 1.165) is 56.5 Å². The Labute approximate surface area is 167 Å².